The van der Waals surface area contributed by atoms with Crippen LogP contribution in [-0.2, 0) is 44.7 Å². The van der Waals surface area contributed by atoms with Crippen LogP contribution in [-0.4, -0.2) is 44.0 Å². The largest absolute Gasteiger partial charge is 3.00 e. The molecule has 4 heterocycles. The summed E-state index contributed by atoms with van der Waals surface area (Å²) in [5.41, 5.74) is 1.78. The minimum atomic E-state index is -1.08. The van der Waals surface area contributed by atoms with Gasteiger partial charge in [-0.1, -0.05) is 35.1 Å². The normalized spacial score (nSPS) is 9.95. The molecule has 37 heavy (non-hydrogen) atoms. The number of aromatic nitrogens is 3. The number of carboxylic acid groups (broad SMARTS) is 2. The van der Waals surface area contributed by atoms with Gasteiger partial charge in [0.25, 0.3) is 0 Å². The Bertz CT molecular complexity index is 1230. The van der Waals surface area contributed by atoms with Crippen LogP contribution in [0.3, 0.4) is 0 Å². The number of carboxylic acids is 2. The summed E-state index contributed by atoms with van der Waals surface area (Å²) in [5, 5.41) is 38.9. The van der Waals surface area contributed by atoms with E-state index in [0.717, 1.165) is 5.59 Å². The van der Waals surface area contributed by atoms with E-state index in [1.54, 1.807) is 12.4 Å². The van der Waals surface area contributed by atoms with Crippen molar-refractivity contribution in [2.45, 2.75) is 0 Å². The molecule has 0 amide bonds. The molecule has 14 heteroatoms. The fraction of sp³-hybridized carbons (Fsp3) is 0. The van der Waals surface area contributed by atoms with Crippen LogP contribution in [0.2, 0.25) is 0 Å². The molecular weight excluding hydrogens is 600 g/mol. The second-order valence-electron chi connectivity index (χ2n) is 6.23. The molecule has 2 N–H and O–H groups in total. The molecule has 3 aromatic rings. The number of nitriles is 2. The molecule has 0 saturated carbocycles. The van der Waals surface area contributed by atoms with E-state index in [1.807, 2.05) is 36.3 Å². The van der Waals surface area contributed by atoms with Crippen LogP contribution in [0.5, 0.6) is 0 Å². The third-order valence-corrected chi connectivity index (χ3v) is 4.00. The first-order valence-corrected chi connectivity index (χ1v) is 10.5. The Kier molecular flexibility index (Phi) is 16.9. The zero-order chi connectivity index (χ0) is 26.8. The first-order chi connectivity index (χ1) is 17.4. The average molecular weight is 616 g/mol. The molecule has 1 radical (unpaired) electrons. The number of hydrogen-bond donors (Lipinski definition) is 2. The predicted octanol–water partition coefficient (Wildman–Crippen LogP) is 2.84. The molecule has 185 valence electrons. The van der Waals surface area contributed by atoms with Gasteiger partial charge in [-0.25, -0.2) is 20.1 Å². The standard InChI is InChI=1S/C12H8N2O4.C9H8BN2.2CHNS.Ru/c15-11(16)7-1-3-13-9(5-7)10-6-8(12(17)18)2-4-14-10;1-3-7-11-9(5-1)10-6-2-4-8-12-10;2*2-1-3;/h1-6H,(H,15,16)(H,17,18);1-8H;2*3H;/q;-1;;;+3/p-2. The molecule has 0 aromatic carbocycles. The van der Waals surface area contributed by atoms with E-state index in [2.05, 4.69) is 45.4 Å². The van der Waals surface area contributed by atoms with Gasteiger partial charge >= 0.3 is 31.4 Å². The number of carbonyl (C=O) groups is 2. The van der Waals surface area contributed by atoms with E-state index in [0.29, 0.717) is 11.4 Å². The van der Waals surface area contributed by atoms with Crippen molar-refractivity contribution in [1.29, 1.82) is 10.5 Å². The molecule has 0 unspecified atom stereocenters. The van der Waals surface area contributed by atoms with E-state index in [-0.39, 0.29) is 37.5 Å². The molecule has 0 atom stereocenters. The van der Waals surface area contributed by atoms with Crippen LogP contribution in [0.1, 0.15) is 20.7 Å². The maximum absolute atomic E-state index is 10.8. The van der Waals surface area contributed by atoms with E-state index in [1.165, 1.54) is 47.5 Å². The summed E-state index contributed by atoms with van der Waals surface area (Å²) in [4.78, 5) is 33.8. The van der Waals surface area contributed by atoms with Crippen molar-refractivity contribution in [1.82, 2.24) is 15.0 Å². The van der Waals surface area contributed by atoms with E-state index < -0.39 is 11.9 Å². The SMILES string of the molecule is C1=C[N-]B(c2ccccn2)C=C1.N#C[S-].N#C[S-].O=C(O)c1ccnc(-c2cc(C(=O)O)ccn2)c1.[Ru+3]. The average Bonchev–Trinajstić information content (AvgIpc) is 2.91. The molecule has 1 aliphatic rings. The Hall–Kier alpha value is -4.22. The van der Waals surface area contributed by atoms with Crippen LogP contribution in [0.25, 0.3) is 16.6 Å². The van der Waals surface area contributed by atoms with Crippen LogP contribution in [0.15, 0.2) is 85.4 Å². The third-order valence-electron chi connectivity index (χ3n) is 4.00. The third kappa shape index (κ3) is 12.3. The zero-order valence-electron chi connectivity index (χ0n) is 18.7. The van der Waals surface area contributed by atoms with Crippen molar-refractivity contribution < 1.29 is 39.3 Å². The van der Waals surface area contributed by atoms with E-state index in [4.69, 9.17) is 20.7 Å². The fourth-order valence-corrected chi connectivity index (χ4v) is 2.54. The summed E-state index contributed by atoms with van der Waals surface area (Å²) >= 11 is 7.40. The molecule has 1 aliphatic heterocycles. The second-order valence-corrected chi connectivity index (χ2v) is 6.59. The molecule has 3 aromatic heterocycles. The van der Waals surface area contributed by atoms with E-state index >= 15 is 0 Å². The van der Waals surface area contributed by atoms with Crippen LogP contribution >= 0.6 is 0 Å². The molecular formula is C23H16BN6O4RuS2. The fourth-order valence-electron chi connectivity index (χ4n) is 2.54. The number of pyridine rings is 3. The second kappa shape index (κ2) is 19.0. The van der Waals surface area contributed by atoms with Gasteiger partial charge in [0, 0.05) is 18.6 Å². The van der Waals surface area contributed by atoms with Gasteiger partial charge in [-0.15, -0.1) is 5.98 Å². The smallest absolute Gasteiger partial charge is 0.704 e. The number of allylic oxidation sites excluding steroid dienone is 2. The van der Waals surface area contributed by atoms with Crippen molar-refractivity contribution in [3.8, 4) is 22.2 Å². The van der Waals surface area contributed by atoms with Gasteiger partial charge in [0.15, 0.2) is 0 Å². The van der Waals surface area contributed by atoms with Crippen LogP contribution < -0.4 is 5.59 Å². The number of thiocyanates is 2. The Morgan fingerprint density at radius 1 is 0.838 bits per heavy atom. The monoisotopic (exact) mass is 617 g/mol. The summed E-state index contributed by atoms with van der Waals surface area (Å²) in [6.45, 7) is 0.108. The van der Waals surface area contributed by atoms with Crippen molar-refractivity contribution >= 4 is 49.6 Å². The van der Waals surface area contributed by atoms with Gasteiger partial charge in [-0.3, -0.25) is 15.0 Å². The molecule has 0 aliphatic carbocycles. The molecule has 0 saturated heterocycles. The molecule has 0 fully saturated rings. The van der Waals surface area contributed by atoms with E-state index in [9.17, 15) is 9.59 Å². The minimum absolute atomic E-state index is 0. The quantitative estimate of drug-likeness (QED) is 0.251. The summed E-state index contributed by atoms with van der Waals surface area (Å²) < 4.78 is 0. The van der Waals surface area contributed by atoms with Crippen LogP contribution in [0, 0.1) is 21.3 Å². The topological polar surface area (TPSA) is 175 Å². The Balaban J connectivity index is 0.000000590. The Labute approximate surface area is 237 Å². The molecule has 0 bridgehead atoms. The number of aromatic carboxylic acids is 2. The Morgan fingerprint density at radius 3 is 1.73 bits per heavy atom. The van der Waals surface area contributed by atoms with Crippen molar-refractivity contribution in [3.63, 3.8) is 0 Å². The van der Waals surface area contributed by atoms with Gasteiger partial charge in [-0.05, 0) is 35.9 Å². The summed E-state index contributed by atoms with van der Waals surface area (Å²) in [5.74, 6) is -0.122. The first kappa shape index (κ1) is 32.8. The van der Waals surface area contributed by atoms with Crippen molar-refractivity contribution in [2.24, 2.45) is 0 Å². The predicted molar refractivity (Wildman–Crippen MR) is 139 cm³/mol. The maximum Gasteiger partial charge on any atom is 3.00 e. The first-order valence-electron chi connectivity index (χ1n) is 9.73. The maximum atomic E-state index is 10.8. The molecule has 4 rings (SSSR count). The van der Waals surface area contributed by atoms with Crippen LogP contribution in [0.4, 0.5) is 0 Å². The van der Waals surface area contributed by atoms with Gasteiger partial charge < -0.3 is 40.7 Å². The van der Waals surface area contributed by atoms with Gasteiger partial charge in [0.05, 0.1) is 22.5 Å². The Morgan fingerprint density at radius 2 is 1.35 bits per heavy atom. The van der Waals surface area contributed by atoms with Crippen molar-refractivity contribution in [3.05, 3.63) is 102 Å². The molecule has 0 spiro atoms. The summed E-state index contributed by atoms with van der Waals surface area (Å²) in [6, 6.07) is 11.3. The van der Waals surface area contributed by atoms with Gasteiger partial charge in [-0.2, -0.15) is 6.20 Å². The number of nitrogens with zero attached hydrogens (tertiary/aromatic N) is 6. The minimum Gasteiger partial charge on any atom is -0.704 e. The number of hydrogen-bond acceptors (Lipinski definition) is 9. The van der Waals surface area contributed by atoms with Crippen molar-refractivity contribution in [2.75, 3.05) is 0 Å². The summed E-state index contributed by atoms with van der Waals surface area (Å²) in [7, 11) is 0. The van der Waals surface area contributed by atoms with Gasteiger partial charge in [0.2, 0.25) is 0 Å². The van der Waals surface area contributed by atoms with Gasteiger partial charge in [0.1, 0.15) is 6.85 Å². The molecule has 10 nitrogen and oxygen atoms in total. The number of rotatable bonds is 4. The zero-order valence-corrected chi connectivity index (χ0v) is 22.1. The summed E-state index contributed by atoms with van der Waals surface area (Å²) in [6.07, 6.45) is 10.2.